The Morgan fingerprint density at radius 2 is 2.33 bits per heavy atom. The van der Waals surface area contributed by atoms with Crippen LogP contribution in [0.25, 0.3) is 0 Å². The van der Waals surface area contributed by atoms with Crippen LogP contribution >= 0.6 is 34.9 Å². The number of nitrogens with zero attached hydrogens (tertiary/aromatic N) is 2. The van der Waals surface area contributed by atoms with Crippen molar-refractivity contribution in [3.63, 3.8) is 0 Å². The highest BCUT2D eigenvalue weighted by Crippen LogP contribution is 2.33. The van der Waals surface area contributed by atoms with E-state index in [1.165, 1.54) is 29.4 Å². The Morgan fingerprint density at radius 1 is 1.56 bits per heavy atom. The third-order valence-electron chi connectivity index (χ3n) is 2.14. The summed E-state index contributed by atoms with van der Waals surface area (Å²) in [4.78, 5) is 16.0. The van der Waals surface area contributed by atoms with E-state index >= 15 is 0 Å². The zero-order valence-corrected chi connectivity index (χ0v) is 11.8. The van der Waals surface area contributed by atoms with Gasteiger partial charge in [-0.05, 0) is 29.7 Å². The molecule has 1 heterocycles. The number of carboxylic acid groups (broad SMARTS) is 1. The van der Waals surface area contributed by atoms with Crippen LogP contribution in [0.15, 0.2) is 27.4 Å². The molecule has 4 nitrogen and oxygen atoms in total. The number of aromatic carboxylic acids is 1. The van der Waals surface area contributed by atoms with Crippen LogP contribution in [-0.2, 0) is 6.42 Å². The molecule has 0 saturated heterocycles. The van der Waals surface area contributed by atoms with E-state index < -0.39 is 5.97 Å². The number of carboxylic acids is 1. The smallest absolute Gasteiger partial charge is 0.336 e. The maximum Gasteiger partial charge on any atom is 0.336 e. The Kier molecular flexibility index (Phi) is 4.21. The van der Waals surface area contributed by atoms with Gasteiger partial charge < -0.3 is 5.11 Å². The summed E-state index contributed by atoms with van der Waals surface area (Å²) in [7, 11) is 0. The summed E-state index contributed by atoms with van der Waals surface area (Å²) in [5.74, 6) is -0.212. The minimum atomic E-state index is -0.977. The molecule has 0 aliphatic heterocycles. The number of hydrogen-bond acceptors (Lipinski definition) is 5. The van der Waals surface area contributed by atoms with Crippen molar-refractivity contribution < 1.29 is 9.90 Å². The molecule has 7 heteroatoms. The summed E-state index contributed by atoms with van der Waals surface area (Å²) >= 11 is 8.41. The molecule has 0 unspecified atom stereocenters. The molecule has 0 amide bonds. The number of rotatable bonds is 4. The fraction of sp³-hybridized carbons (Fsp3) is 0.182. The maximum atomic E-state index is 11.1. The normalized spacial score (nSPS) is 10.6. The van der Waals surface area contributed by atoms with E-state index in [1.807, 2.05) is 6.92 Å². The Bertz CT molecular complexity index is 586. The van der Waals surface area contributed by atoms with Gasteiger partial charge in [0, 0.05) is 16.3 Å². The topological polar surface area (TPSA) is 63.1 Å². The van der Waals surface area contributed by atoms with Gasteiger partial charge in [0.15, 0.2) is 4.34 Å². The quantitative estimate of drug-likeness (QED) is 0.934. The van der Waals surface area contributed by atoms with Gasteiger partial charge in [-0.1, -0.05) is 30.3 Å². The van der Waals surface area contributed by atoms with Gasteiger partial charge in [-0.25, -0.2) is 9.78 Å². The van der Waals surface area contributed by atoms with Crippen LogP contribution in [0.1, 0.15) is 23.1 Å². The largest absolute Gasteiger partial charge is 0.478 e. The fourth-order valence-corrected chi connectivity index (χ4v) is 3.33. The molecule has 0 radical (unpaired) electrons. The number of benzene rings is 1. The molecule has 0 atom stereocenters. The molecule has 94 valence electrons. The van der Waals surface area contributed by atoms with Gasteiger partial charge in [0.05, 0.1) is 5.56 Å². The molecule has 0 spiro atoms. The van der Waals surface area contributed by atoms with Crippen LogP contribution in [0.3, 0.4) is 0 Å². The SMILES string of the molecule is CCc1nsc(Sc2cc(Cl)ccc2C(=O)O)n1. The van der Waals surface area contributed by atoms with Crippen molar-refractivity contribution in [1.82, 2.24) is 9.36 Å². The van der Waals surface area contributed by atoms with Crippen LogP contribution in [-0.4, -0.2) is 20.4 Å². The number of hydrogen-bond donors (Lipinski definition) is 1. The van der Waals surface area contributed by atoms with Gasteiger partial charge >= 0.3 is 5.97 Å². The molecule has 0 aliphatic carbocycles. The molecule has 1 aromatic carbocycles. The van der Waals surface area contributed by atoms with Crippen LogP contribution in [0.4, 0.5) is 0 Å². The van der Waals surface area contributed by atoms with Crippen LogP contribution in [0, 0.1) is 0 Å². The number of aromatic nitrogens is 2. The number of halogens is 1. The molecule has 18 heavy (non-hydrogen) atoms. The summed E-state index contributed by atoms with van der Waals surface area (Å²) < 4.78 is 4.88. The van der Waals surface area contributed by atoms with Crippen molar-refractivity contribution in [2.24, 2.45) is 0 Å². The van der Waals surface area contributed by atoms with E-state index in [2.05, 4.69) is 9.36 Å². The molecular formula is C11H9ClN2O2S2. The number of carbonyl (C=O) groups is 1. The van der Waals surface area contributed by atoms with E-state index in [9.17, 15) is 4.79 Å². The summed E-state index contributed by atoms with van der Waals surface area (Å²) in [5.41, 5.74) is 0.220. The second-order valence-corrected chi connectivity index (χ2v) is 5.86. The Hall–Kier alpha value is -1.11. The van der Waals surface area contributed by atoms with Crippen LogP contribution < -0.4 is 0 Å². The average molecular weight is 301 g/mol. The molecule has 1 N–H and O–H groups in total. The highest BCUT2D eigenvalue weighted by molar-refractivity contribution is 8.01. The van der Waals surface area contributed by atoms with Gasteiger partial charge in [-0.3, -0.25) is 0 Å². The standard InChI is InChI=1S/C11H9ClN2O2S2/c1-2-9-13-11(18-14-9)17-8-5-6(12)3-4-7(8)10(15)16/h3-5H,2H2,1H3,(H,15,16). The third-order valence-corrected chi connectivity index (χ3v) is 4.22. The summed E-state index contributed by atoms with van der Waals surface area (Å²) in [5, 5.41) is 9.60. The minimum Gasteiger partial charge on any atom is -0.478 e. The average Bonchev–Trinajstić information content (AvgIpc) is 2.76. The van der Waals surface area contributed by atoms with Crippen molar-refractivity contribution >= 4 is 40.9 Å². The molecule has 0 aliphatic rings. The van der Waals surface area contributed by atoms with E-state index in [0.717, 1.165) is 16.6 Å². The van der Waals surface area contributed by atoms with Gasteiger partial charge in [-0.2, -0.15) is 4.37 Å². The van der Waals surface area contributed by atoms with Crippen molar-refractivity contribution in [3.8, 4) is 0 Å². The highest BCUT2D eigenvalue weighted by atomic mass is 35.5. The van der Waals surface area contributed by atoms with E-state index in [1.54, 1.807) is 12.1 Å². The van der Waals surface area contributed by atoms with Gasteiger partial charge in [0.1, 0.15) is 5.82 Å². The predicted octanol–water partition coefficient (Wildman–Crippen LogP) is 3.60. The summed E-state index contributed by atoms with van der Waals surface area (Å²) in [6.07, 6.45) is 0.762. The second-order valence-electron chi connectivity index (χ2n) is 3.38. The van der Waals surface area contributed by atoms with Gasteiger partial charge in [0.25, 0.3) is 0 Å². The lowest BCUT2D eigenvalue weighted by Gasteiger charge is -2.03. The Labute approximate surface area is 117 Å². The van der Waals surface area contributed by atoms with E-state index in [0.29, 0.717) is 9.92 Å². The monoisotopic (exact) mass is 300 g/mol. The highest BCUT2D eigenvalue weighted by Gasteiger charge is 2.13. The zero-order chi connectivity index (χ0) is 13.1. The van der Waals surface area contributed by atoms with E-state index in [-0.39, 0.29) is 5.56 Å². The first kappa shape index (κ1) is 13.3. The van der Waals surface area contributed by atoms with Gasteiger partial charge in [0.2, 0.25) is 0 Å². The lowest BCUT2D eigenvalue weighted by atomic mass is 10.2. The van der Waals surface area contributed by atoms with Crippen molar-refractivity contribution in [3.05, 3.63) is 34.6 Å². The first-order valence-electron chi connectivity index (χ1n) is 5.13. The van der Waals surface area contributed by atoms with Crippen molar-refractivity contribution in [2.75, 3.05) is 0 Å². The zero-order valence-electron chi connectivity index (χ0n) is 9.38. The van der Waals surface area contributed by atoms with E-state index in [4.69, 9.17) is 16.7 Å². The lowest BCUT2D eigenvalue weighted by Crippen LogP contribution is -1.98. The minimum absolute atomic E-state index is 0.220. The second kappa shape index (κ2) is 5.69. The molecule has 0 saturated carbocycles. The summed E-state index contributed by atoms with van der Waals surface area (Å²) in [6, 6.07) is 4.68. The molecule has 0 bridgehead atoms. The summed E-state index contributed by atoms with van der Waals surface area (Å²) in [6.45, 7) is 1.97. The lowest BCUT2D eigenvalue weighted by molar-refractivity contribution is 0.0693. The molecule has 0 fully saturated rings. The molecule has 2 aromatic rings. The predicted molar refractivity (Wildman–Crippen MR) is 71.8 cm³/mol. The third kappa shape index (κ3) is 3.01. The fourth-order valence-electron chi connectivity index (χ4n) is 1.27. The molecule has 2 rings (SSSR count). The van der Waals surface area contributed by atoms with Crippen LogP contribution in [0.2, 0.25) is 5.02 Å². The first-order valence-corrected chi connectivity index (χ1v) is 7.10. The van der Waals surface area contributed by atoms with Crippen LogP contribution in [0.5, 0.6) is 0 Å². The number of aryl methyl sites for hydroxylation is 1. The maximum absolute atomic E-state index is 11.1. The molecule has 1 aromatic heterocycles. The van der Waals surface area contributed by atoms with Crippen molar-refractivity contribution in [1.29, 1.82) is 0 Å². The first-order chi connectivity index (χ1) is 8.60. The molecular weight excluding hydrogens is 292 g/mol. The van der Waals surface area contributed by atoms with Crippen molar-refractivity contribution in [2.45, 2.75) is 22.6 Å². The Balaban J connectivity index is 2.32. The Morgan fingerprint density at radius 3 is 2.94 bits per heavy atom. The van der Waals surface area contributed by atoms with Gasteiger partial charge in [-0.15, -0.1) is 0 Å².